The van der Waals surface area contributed by atoms with Gasteiger partial charge in [0.15, 0.2) is 0 Å². The quantitative estimate of drug-likeness (QED) is 0.356. The molecule has 0 bridgehead atoms. The highest BCUT2D eigenvalue weighted by Gasteiger charge is 2.51. The van der Waals surface area contributed by atoms with Crippen LogP contribution in [-0.4, -0.2) is 81.7 Å². The molecule has 5 heterocycles. The highest BCUT2D eigenvalue weighted by atomic mass is 32.1. The van der Waals surface area contributed by atoms with Gasteiger partial charge in [0.25, 0.3) is 5.91 Å². The van der Waals surface area contributed by atoms with Gasteiger partial charge in [0.2, 0.25) is 11.8 Å². The van der Waals surface area contributed by atoms with E-state index in [9.17, 15) is 33.0 Å². The van der Waals surface area contributed by atoms with E-state index in [0.717, 1.165) is 68.8 Å². The molecule has 0 radical (unpaired) electrons. The third-order valence-corrected chi connectivity index (χ3v) is 12.4. The van der Waals surface area contributed by atoms with Crippen LogP contribution >= 0.6 is 18.9 Å². The smallest absolute Gasteiger partial charge is 0.381 e. The summed E-state index contributed by atoms with van der Waals surface area (Å²) in [5, 5.41) is 12.9. The molecule has 6 rings (SSSR count). The first-order valence-corrected chi connectivity index (χ1v) is 18.7. The van der Waals surface area contributed by atoms with E-state index in [1.807, 2.05) is 0 Å². The van der Waals surface area contributed by atoms with E-state index in [1.54, 1.807) is 9.80 Å². The number of rotatable bonds is 7. The first kappa shape index (κ1) is 33.9. The van der Waals surface area contributed by atoms with E-state index >= 15 is 0 Å². The number of nitrogens with zero attached hydrogens (tertiary/aromatic N) is 3. The molecule has 4 aliphatic rings. The Kier molecular flexibility index (Phi) is 9.76. The third-order valence-electron chi connectivity index (χ3n) is 10.3. The van der Waals surface area contributed by atoms with Gasteiger partial charge in [-0.3, -0.25) is 18.9 Å². The molecule has 11 nitrogen and oxygen atoms in total. The summed E-state index contributed by atoms with van der Waals surface area (Å²) in [5.74, 6) is -0.736. The Labute approximate surface area is 275 Å². The van der Waals surface area contributed by atoms with E-state index < -0.39 is 36.8 Å². The van der Waals surface area contributed by atoms with Crippen LogP contribution in [-0.2, 0) is 24.6 Å². The fraction of sp³-hybridized carbons (Fsp3) is 0.625. The van der Waals surface area contributed by atoms with Gasteiger partial charge in [0.05, 0.1) is 16.9 Å². The predicted molar refractivity (Wildman–Crippen MR) is 168 cm³/mol. The fourth-order valence-corrected chi connectivity index (χ4v) is 9.13. The summed E-state index contributed by atoms with van der Waals surface area (Å²) in [4.78, 5) is 63.2. The number of thiophene rings is 1. The lowest BCUT2D eigenvalue weighted by Gasteiger charge is -2.36. The first-order valence-electron chi connectivity index (χ1n) is 16.2. The number of benzene rings is 1. The van der Waals surface area contributed by atoms with Crippen LogP contribution in [0.2, 0.25) is 0 Å². The minimum Gasteiger partial charge on any atom is -0.381 e. The third kappa shape index (κ3) is 6.83. The minimum atomic E-state index is -5.76. The van der Waals surface area contributed by atoms with Gasteiger partial charge in [0, 0.05) is 42.6 Å². The molecule has 3 amide bonds. The molecule has 5 atom stereocenters. The van der Waals surface area contributed by atoms with Crippen LogP contribution in [0.25, 0.3) is 10.1 Å². The second kappa shape index (κ2) is 13.5. The number of fused-ring (bicyclic) bond motifs is 2. The normalized spacial score (nSPS) is 27.7. The second-order valence-electron chi connectivity index (χ2n) is 13.3. The predicted octanol–water partition coefficient (Wildman–Crippen LogP) is 4.58. The van der Waals surface area contributed by atoms with Gasteiger partial charge in [-0.1, -0.05) is 18.9 Å². The maximum Gasteiger partial charge on any atom is 0.399 e. The van der Waals surface area contributed by atoms with Gasteiger partial charge in [0.1, 0.15) is 12.1 Å². The van der Waals surface area contributed by atoms with E-state index in [1.165, 1.54) is 12.1 Å². The molecule has 0 unspecified atom stereocenters. The molecule has 47 heavy (non-hydrogen) atoms. The molecule has 15 heteroatoms. The Morgan fingerprint density at radius 3 is 2.55 bits per heavy atom. The summed E-state index contributed by atoms with van der Waals surface area (Å²) < 4.78 is 45.9. The van der Waals surface area contributed by atoms with Gasteiger partial charge in [-0.05, 0) is 80.4 Å². The number of likely N-dealkylation sites (tertiary alicyclic amines) is 1. The lowest BCUT2D eigenvalue weighted by molar-refractivity contribution is -0.146. The molecule has 0 aliphatic carbocycles. The largest absolute Gasteiger partial charge is 0.399 e. The standard InChI is InChI=1S/C32H39F2N4O7PS/c33-32(34,46(42,43)44)23-5-8-27-20(14-23)15-28(47-27)29(39)36-25-4-2-1-3-24-6-7-26(38(24)30(25)40)31(41)37-17-21(22(16-35)18-37)13-19-9-11-45-12-10-19/h5,8,14-15,19,21-22,24-26H,1-4,6-7,9-13,17-18H2,(H,36,39)(H2,42,43,44)/t21-,22-,24+,25+,26+/m1/s1. The van der Waals surface area contributed by atoms with E-state index in [-0.39, 0.29) is 40.0 Å². The zero-order chi connectivity index (χ0) is 33.5. The number of amides is 3. The molecule has 0 saturated carbocycles. The Morgan fingerprint density at radius 1 is 1.09 bits per heavy atom. The van der Waals surface area contributed by atoms with Crippen LogP contribution in [0.1, 0.15) is 73.0 Å². The Bertz CT molecular complexity index is 1620. The van der Waals surface area contributed by atoms with Crippen LogP contribution in [0.4, 0.5) is 8.78 Å². The highest BCUT2D eigenvalue weighted by molar-refractivity contribution is 7.52. The van der Waals surface area contributed by atoms with Crippen molar-refractivity contribution in [3.05, 3.63) is 34.7 Å². The number of alkyl halides is 2. The van der Waals surface area contributed by atoms with Crippen molar-refractivity contribution in [2.45, 2.75) is 81.6 Å². The van der Waals surface area contributed by atoms with E-state index in [4.69, 9.17) is 14.5 Å². The lowest BCUT2D eigenvalue weighted by Crippen LogP contribution is -2.56. The van der Waals surface area contributed by atoms with Gasteiger partial charge in [-0.2, -0.15) is 14.0 Å². The second-order valence-corrected chi connectivity index (χ2v) is 16.0. The van der Waals surface area contributed by atoms with Crippen molar-refractivity contribution in [2.24, 2.45) is 17.8 Å². The summed E-state index contributed by atoms with van der Waals surface area (Å²) >= 11 is 1.02. The maximum absolute atomic E-state index is 14.3. The highest BCUT2D eigenvalue weighted by Crippen LogP contribution is 2.59. The van der Waals surface area contributed by atoms with Crippen LogP contribution < -0.4 is 5.32 Å². The molecule has 254 valence electrons. The van der Waals surface area contributed by atoms with Crippen molar-refractivity contribution < 1.29 is 42.3 Å². The number of nitrogens with one attached hydrogen (secondary N) is 1. The molecular formula is C32H39F2N4O7PS. The number of carbonyl (C=O) groups is 3. The zero-order valence-electron chi connectivity index (χ0n) is 25.9. The van der Waals surface area contributed by atoms with Gasteiger partial charge in [-0.25, -0.2) is 0 Å². The molecular weight excluding hydrogens is 653 g/mol. The maximum atomic E-state index is 14.3. The van der Waals surface area contributed by atoms with Crippen LogP contribution in [0.3, 0.4) is 0 Å². The fourth-order valence-electron chi connectivity index (χ4n) is 7.71. The van der Waals surface area contributed by atoms with Crippen molar-refractivity contribution in [1.29, 1.82) is 5.26 Å². The van der Waals surface area contributed by atoms with Crippen molar-refractivity contribution in [3.8, 4) is 6.07 Å². The summed E-state index contributed by atoms with van der Waals surface area (Å²) in [5.41, 5.74) is -5.24. The average Bonchev–Trinajstić information content (AvgIpc) is 3.77. The van der Waals surface area contributed by atoms with Gasteiger partial charge < -0.3 is 29.6 Å². The number of nitriles is 1. The molecule has 4 saturated heterocycles. The molecule has 4 aliphatic heterocycles. The Morgan fingerprint density at radius 2 is 1.83 bits per heavy atom. The van der Waals surface area contributed by atoms with Gasteiger partial charge in [-0.15, -0.1) is 11.3 Å². The Balaban J connectivity index is 1.16. The molecule has 0 spiro atoms. The van der Waals surface area contributed by atoms with E-state index in [0.29, 0.717) is 49.4 Å². The van der Waals surface area contributed by atoms with Gasteiger partial charge >= 0.3 is 13.3 Å². The zero-order valence-corrected chi connectivity index (χ0v) is 27.6. The molecule has 1 aromatic carbocycles. The average molecular weight is 693 g/mol. The number of carbonyl (C=O) groups excluding carboxylic acids is 3. The van der Waals surface area contributed by atoms with Crippen molar-refractivity contribution in [1.82, 2.24) is 15.1 Å². The van der Waals surface area contributed by atoms with Crippen molar-refractivity contribution in [2.75, 3.05) is 26.3 Å². The Hall–Kier alpha value is -2.95. The van der Waals surface area contributed by atoms with Crippen LogP contribution in [0.5, 0.6) is 0 Å². The van der Waals surface area contributed by atoms with E-state index in [2.05, 4.69) is 11.4 Å². The first-order chi connectivity index (χ1) is 22.4. The number of ether oxygens (including phenoxy) is 1. The minimum absolute atomic E-state index is 0.0831. The van der Waals surface area contributed by atoms with Crippen LogP contribution in [0, 0.1) is 29.1 Å². The summed E-state index contributed by atoms with van der Waals surface area (Å²) in [6.07, 6.45) is 6.67. The molecule has 2 aromatic rings. The molecule has 1 aromatic heterocycles. The summed E-state index contributed by atoms with van der Waals surface area (Å²) in [6.45, 7) is 2.28. The van der Waals surface area contributed by atoms with Crippen molar-refractivity contribution >= 4 is 46.7 Å². The number of hydrogen-bond acceptors (Lipinski definition) is 7. The number of halogens is 2. The van der Waals surface area contributed by atoms with Crippen molar-refractivity contribution in [3.63, 3.8) is 0 Å². The lowest BCUT2D eigenvalue weighted by atomic mass is 9.84. The summed E-state index contributed by atoms with van der Waals surface area (Å²) in [7, 11) is -5.76. The monoisotopic (exact) mass is 692 g/mol. The molecule has 3 N–H and O–H groups in total. The van der Waals surface area contributed by atoms with Crippen LogP contribution in [0.15, 0.2) is 24.3 Å². The number of hydrogen-bond donors (Lipinski definition) is 3. The summed E-state index contributed by atoms with van der Waals surface area (Å²) in [6, 6.07) is 5.27. The SMILES string of the molecule is N#C[C@@H]1CN(C(=O)[C@@H]2CC[C@@H]3CCCC[C@H](NC(=O)c4cc5cc(C(F)(F)P(=O)(O)O)ccc5s4)C(=O)N32)C[C@H]1CC1CCOCC1. The topological polar surface area (TPSA) is 160 Å². The molecule has 4 fully saturated rings.